The number of rotatable bonds is 3. The fourth-order valence-electron chi connectivity index (χ4n) is 4.06. The average Bonchev–Trinajstić information content (AvgIpc) is 2.94. The van der Waals surface area contributed by atoms with Crippen molar-refractivity contribution in [3.8, 4) is 5.75 Å². The largest absolute Gasteiger partial charge is 0.496 e. The van der Waals surface area contributed by atoms with Gasteiger partial charge in [-0.25, -0.2) is 0 Å². The lowest BCUT2D eigenvalue weighted by atomic mass is 9.99. The van der Waals surface area contributed by atoms with Gasteiger partial charge in [-0.3, -0.25) is 9.80 Å². The van der Waals surface area contributed by atoms with Crippen molar-refractivity contribution in [2.75, 3.05) is 26.7 Å². The van der Waals surface area contributed by atoms with E-state index in [1.54, 1.807) is 7.11 Å². The van der Waals surface area contributed by atoms with Gasteiger partial charge in [0.2, 0.25) is 0 Å². The van der Waals surface area contributed by atoms with Gasteiger partial charge in [-0.2, -0.15) is 0 Å². The Morgan fingerprint density at radius 1 is 1.14 bits per heavy atom. The molecule has 3 nitrogen and oxygen atoms in total. The Morgan fingerprint density at radius 2 is 1.95 bits per heavy atom. The summed E-state index contributed by atoms with van der Waals surface area (Å²) >= 11 is 0. The van der Waals surface area contributed by atoms with Gasteiger partial charge in [-0.15, -0.1) is 0 Å². The fourth-order valence-corrected chi connectivity index (χ4v) is 4.06. The molecule has 21 heavy (non-hydrogen) atoms. The summed E-state index contributed by atoms with van der Waals surface area (Å²) in [4.78, 5) is 5.36. The predicted octanol–water partition coefficient (Wildman–Crippen LogP) is 2.98. The van der Waals surface area contributed by atoms with Gasteiger partial charge in [0.15, 0.2) is 0 Å². The molecule has 2 heterocycles. The van der Waals surface area contributed by atoms with Crippen LogP contribution in [0.4, 0.5) is 0 Å². The number of methoxy groups -OCH3 is 1. The van der Waals surface area contributed by atoms with Crippen LogP contribution in [0.5, 0.6) is 5.75 Å². The normalized spacial score (nSPS) is 26.9. The van der Waals surface area contributed by atoms with Crippen molar-refractivity contribution >= 4 is 0 Å². The quantitative estimate of drug-likeness (QED) is 0.850. The number of fused-ring (bicyclic) bond motifs is 1. The summed E-state index contributed by atoms with van der Waals surface area (Å²) < 4.78 is 5.43. The van der Waals surface area contributed by atoms with E-state index in [2.05, 4.69) is 42.7 Å². The van der Waals surface area contributed by atoms with E-state index < -0.39 is 0 Å². The van der Waals surface area contributed by atoms with Gasteiger partial charge < -0.3 is 4.74 Å². The molecule has 0 spiro atoms. The summed E-state index contributed by atoms with van der Waals surface area (Å²) in [5.74, 6) is 1.00. The Balaban J connectivity index is 1.76. The summed E-state index contributed by atoms with van der Waals surface area (Å²) in [6.45, 7) is 11.6. The number of piperazine rings is 1. The van der Waals surface area contributed by atoms with Gasteiger partial charge >= 0.3 is 0 Å². The summed E-state index contributed by atoms with van der Waals surface area (Å²) in [5, 5.41) is 0. The Morgan fingerprint density at radius 3 is 2.71 bits per heavy atom. The molecule has 0 unspecified atom stereocenters. The van der Waals surface area contributed by atoms with Gasteiger partial charge in [0.25, 0.3) is 0 Å². The number of benzene rings is 1. The van der Waals surface area contributed by atoms with Crippen molar-refractivity contribution in [3.63, 3.8) is 0 Å². The van der Waals surface area contributed by atoms with E-state index in [4.69, 9.17) is 4.74 Å². The van der Waals surface area contributed by atoms with Gasteiger partial charge in [0.1, 0.15) is 5.75 Å². The second-order valence-corrected chi connectivity index (χ2v) is 6.70. The highest BCUT2D eigenvalue weighted by molar-refractivity contribution is 5.41. The number of aryl methyl sites for hydroxylation is 2. The van der Waals surface area contributed by atoms with Crippen molar-refractivity contribution in [3.05, 3.63) is 28.8 Å². The molecule has 0 N–H and O–H groups in total. The molecule has 116 valence electrons. The molecular weight excluding hydrogens is 260 g/mol. The van der Waals surface area contributed by atoms with Crippen LogP contribution in [-0.4, -0.2) is 48.6 Å². The maximum absolute atomic E-state index is 5.43. The van der Waals surface area contributed by atoms with Crippen LogP contribution in [-0.2, 0) is 6.54 Å². The van der Waals surface area contributed by atoms with Gasteiger partial charge in [-0.1, -0.05) is 6.07 Å². The van der Waals surface area contributed by atoms with Gasteiger partial charge in [0.05, 0.1) is 7.11 Å². The highest BCUT2D eigenvalue weighted by Crippen LogP contribution is 2.29. The van der Waals surface area contributed by atoms with Crippen molar-refractivity contribution in [1.82, 2.24) is 9.80 Å². The van der Waals surface area contributed by atoms with Crippen LogP contribution in [0, 0.1) is 13.8 Å². The Labute approximate surface area is 128 Å². The minimum Gasteiger partial charge on any atom is -0.496 e. The van der Waals surface area contributed by atoms with Crippen LogP contribution in [0.2, 0.25) is 0 Å². The van der Waals surface area contributed by atoms with Crippen LogP contribution < -0.4 is 4.74 Å². The standard InChI is InChI=1S/C18H28N2O/c1-13-11-18(21-4)14(2)10-16(13)12-20-9-8-19-7-5-6-17(19)15(20)3/h10-11,15,17H,5-9,12H2,1-4H3/t15-,17+/m0/s1. The van der Waals surface area contributed by atoms with E-state index in [1.807, 2.05) is 0 Å². The Kier molecular flexibility index (Phi) is 4.23. The highest BCUT2D eigenvalue weighted by Gasteiger charge is 2.36. The number of hydrogen-bond acceptors (Lipinski definition) is 3. The van der Waals surface area contributed by atoms with E-state index in [0.717, 1.165) is 18.3 Å². The molecule has 0 bridgehead atoms. The van der Waals surface area contributed by atoms with E-state index in [9.17, 15) is 0 Å². The SMILES string of the molecule is COc1cc(C)c(CN2CCN3CCC[C@@H]3[C@@H]2C)cc1C. The molecule has 2 aliphatic rings. The molecular formula is C18H28N2O. The molecule has 0 amide bonds. The van der Waals surface area contributed by atoms with E-state index in [-0.39, 0.29) is 0 Å². The maximum Gasteiger partial charge on any atom is 0.122 e. The first-order chi connectivity index (χ1) is 10.1. The summed E-state index contributed by atoms with van der Waals surface area (Å²) in [5.41, 5.74) is 4.04. The predicted molar refractivity (Wildman–Crippen MR) is 86.9 cm³/mol. The zero-order valence-electron chi connectivity index (χ0n) is 13.9. The molecule has 2 atom stereocenters. The lowest BCUT2D eigenvalue weighted by molar-refractivity contribution is 0.0469. The first-order valence-electron chi connectivity index (χ1n) is 8.22. The molecule has 0 radical (unpaired) electrons. The first-order valence-corrected chi connectivity index (χ1v) is 8.22. The second-order valence-electron chi connectivity index (χ2n) is 6.70. The van der Waals surface area contributed by atoms with E-state index in [1.165, 1.54) is 49.2 Å². The molecule has 2 aliphatic heterocycles. The van der Waals surface area contributed by atoms with E-state index >= 15 is 0 Å². The average molecular weight is 288 g/mol. The van der Waals surface area contributed by atoms with Crippen molar-refractivity contribution < 1.29 is 4.74 Å². The van der Waals surface area contributed by atoms with Crippen molar-refractivity contribution in [1.29, 1.82) is 0 Å². The smallest absolute Gasteiger partial charge is 0.122 e. The van der Waals surface area contributed by atoms with Gasteiger partial charge in [-0.05, 0) is 62.9 Å². The van der Waals surface area contributed by atoms with Crippen molar-refractivity contribution in [2.45, 2.75) is 52.2 Å². The topological polar surface area (TPSA) is 15.7 Å². The summed E-state index contributed by atoms with van der Waals surface area (Å²) in [6, 6.07) is 5.93. The monoisotopic (exact) mass is 288 g/mol. The molecule has 1 aromatic carbocycles. The lowest BCUT2D eigenvalue weighted by Gasteiger charge is -2.43. The minimum atomic E-state index is 0.669. The van der Waals surface area contributed by atoms with Crippen LogP contribution >= 0.6 is 0 Å². The molecule has 0 aliphatic carbocycles. The van der Waals surface area contributed by atoms with Crippen LogP contribution in [0.1, 0.15) is 36.5 Å². The van der Waals surface area contributed by atoms with Crippen LogP contribution in [0.15, 0.2) is 12.1 Å². The molecule has 3 heteroatoms. The Bertz CT molecular complexity index is 514. The third-order valence-electron chi connectivity index (χ3n) is 5.45. The molecule has 0 aromatic heterocycles. The second kappa shape index (κ2) is 5.98. The molecule has 0 saturated carbocycles. The third-order valence-corrected chi connectivity index (χ3v) is 5.45. The van der Waals surface area contributed by atoms with Crippen LogP contribution in [0.25, 0.3) is 0 Å². The first kappa shape index (κ1) is 14.9. The summed E-state index contributed by atoms with van der Waals surface area (Å²) in [7, 11) is 1.75. The zero-order chi connectivity index (χ0) is 15.0. The van der Waals surface area contributed by atoms with Gasteiger partial charge in [0, 0.05) is 31.7 Å². The number of nitrogens with zero attached hydrogens (tertiary/aromatic N) is 2. The van der Waals surface area contributed by atoms with Crippen LogP contribution in [0.3, 0.4) is 0 Å². The summed E-state index contributed by atoms with van der Waals surface area (Å²) in [6.07, 6.45) is 2.75. The molecule has 3 rings (SSSR count). The zero-order valence-corrected chi connectivity index (χ0v) is 13.9. The minimum absolute atomic E-state index is 0.669. The van der Waals surface area contributed by atoms with Crippen molar-refractivity contribution in [2.24, 2.45) is 0 Å². The lowest BCUT2D eigenvalue weighted by Crippen LogP contribution is -2.55. The maximum atomic E-state index is 5.43. The highest BCUT2D eigenvalue weighted by atomic mass is 16.5. The number of ether oxygens (including phenoxy) is 1. The molecule has 2 saturated heterocycles. The Hall–Kier alpha value is -1.06. The van der Waals surface area contributed by atoms with E-state index in [0.29, 0.717) is 6.04 Å². The third kappa shape index (κ3) is 2.82. The number of hydrogen-bond donors (Lipinski definition) is 0. The fraction of sp³-hybridized carbons (Fsp3) is 0.667. The molecule has 1 aromatic rings. The molecule has 2 fully saturated rings.